The largest absolute Gasteiger partial charge is 0.573 e. The fourth-order valence-electron chi connectivity index (χ4n) is 1.68. The van der Waals surface area contributed by atoms with E-state index in [9.17, 15) is 18.3 Å². The third-order valence-corrected chi connectivity index (χ3v) is 3.25. The SMILES string of the molecule is Oc1ccccc1CNc1ccc(OC(F)(F)F)c(Br)c1. The van der Waals surface area contributed by atoms with Crippen molar-refractivity contribution in [1.29, 1.82) is 0 Å². The first-order valence-electron chi connectivity index (χ1n) is 5.91. The monoisotopic (exact) mass is 361 g/mol. The van der Waals surface area contributed by atoms with Crippen molar-refractivity contribution in [3.63, 3.8) is 0 Å². The molecule has 3 nitrogen and oxygen atoms in total. The number of alkyl halides is 3. The second-order valence-electron chi connectivity index (χ2n) is 4.18. The topological polar surface area (TPSA) is 41.5 Å². The van der Waals surface area contributed by atoms with E-state index in [1.165, 1.54) is 18.2 Å². The van der Waals surface area contributed by atoms with Crippen molar-refractivity contribution in [2.45, 2.75) is 12.9 Å². The minimum Gasteiger partial charge on any atom is -0.508 e. The number of nitrogens with one attached hydrogen (secondary N) is 1. The Morgan fingerprint density at radius 2 is 1.86 bits per heavy atom. The molecule has 0 aliphatic carbocycles. The molecule has 21 heavy (non-hydrogen) atoms. The third-order valence-electron chi connectivity index (χ3n) is 2.63. The van der Waals surface area contributed by atoms with Gasteiger partial charge in [0.1, 0.15) is 11.5 Å². The van der Waals surface area contributed by atoms with E-state index in [-0.39, 0.29) is 16.0 Å². The number of benzene rings is 2. The number of anilines is 1. The van der Waals surface area contributed by atoms with E-state index in [0.29, 0.717) is 17.8 Å². The van der Waals surface area contributed by atoms with E-state index in [0.717, 1.165) is 0 Å². The van der Waals surface area contributed by atoms with Gasteiger partial charge in [-0.15, -0.1) is 13.2 Å². The Labute approximate surface area is 127 Å². The van der Waals surface area contributed by atoms with Crippen LogP contribution in [0.25, 0.3) is 0 Å². The fraction of sp³-hybridized carbons (Fsp3) is 0.143. The van der Waals surface area contributed by atoms with Crippen molar-refractivity contribution in [1.82, 2.24) is 0 Å². The van der Waals surface area contributed by atoms with Crippen LogP contribution < -0.4 is 10.1 Å². The number of aromatic hydroxyl groups is 1. The van der Waals surface area contributed by atoms with Crippen molar-refractivity contribution >= 4 is 21.6 Å². The Morgan fingerprint density at radius 3 is 2.48 bits per heavy atom. The molecule has 2 N–H and O–H groups in total. The molecule has 0 bridgehead atoms. The molecule has 0 heterocycles. The molecule has 0 saturated carbocycles. The number of hydrogen-bond acceptors (Lipinski definition) is 3. The van der Waals surface area contributed by atoms with Crippen LogP contribution in [0, 0.1) is 0 Å². The molecule has 0 aliphatic heterocycles. The summed E-state index contributed by atoms with van der Waals surface area (Å²) in [5.74, 6) is -0.156. The van der Waals surface area contributed by atoms with Crippen molar-refractivity contribution in [2.24, 2.45) is 0 Å². The van der Waals surface area contributed by atoms with Gasteiger partial charge in [0, 0.05) is 17.8 Å². The highest BCUT2D eigenvalue weighted by molar-refractivity contribution is 9.10. The van der Waals surface area contributed by atoms with Crippen LogP contribution in [0.1, 0.15) is 5.56 Å². The molecule has 0 spiro atoms. The lowest BCUT2D eigenvalue weighted by Crippen LogP contribution is -2.17. The minimum absolute atomic E-state index is 0.154. The Morgan fingerprint density at radius 1 is 1.14 bits per heavy atom. The highest BCUT2D eigenvalue weighted by Crippen LogP contribution is 2.32. The third kappa shape index (κ3) is 4.56. The van der Waals surface area contributed by atoms with Gasteiger partial charge in [-0.1, -0.05) is 18.2 Å². The summed E-state index contributed by atoms with van der Waals surface area (Å²) in [4.78, 5) is 0. The number of para-hydroxylation sites is 1. The standard InChI is InChI=1S/C14H11BrF3NO2/c15-11-7-10(5-6-13(11)21-14(16,17)18)19-8-9-3-1-2-4-12(9)20/h1-7,19-20H,8H2. The molecule has 7 heteroatoms. The zero-order valence-corrected chi connectivity index (χ0v) is 12.2. The first-order chi connectivity index (χ1) is 9.85. The lowest BCUT2D eigenvalue weighted by atomic mass is 10.2. The number of rotatable bonds is 4. The summed E-state index contributed by atoms with van der Waals surface area (Å²) in [6.07, 6.45) is -4.73. The van der Waals surface area contributed by atoms with E-state index in [1.807, 2.05) is 0 Å². The van der Waals surface area contributed by atoms with Crippen LogP contribution in [-0.4, -0.2) is 11.5 Å². The predicted molar refractivity (Wildman–Crippen MR) is 76.3 cm³/mol. The maximum absolute atomic E-state index is 12.1. The van der Waals surface area contributed by atoms with E-state index in [1.54, 1.807) is 24.3 Å². The van der Waals surface area contributed by atoms with E-state index in [4.69, 9.17) is 0 Å². The van der Waals surface area contributed by atoms with Gasteiger partial charge in [-0.3, -0.25) is 0 Å². The molecule has 0 saturated heterocycles. The molecule has 0 aromatic heterocycles. The average Bonchev–Trinajstić information content (AvgIpc) is 2.39. The number of hydrogen-bond donors (Lipinski definition) is 2. The van der Waals surface area contributed by atoms with Gasteiger partial charge < -0.3 is 15.2 Å². The second-order valence-corrected chi connectivity index (χ2v) is 5.03. The number of ether oxygens (including phenoxy) is 1. The highest BCUT2D eigenvalue weighted by atomic mass is 79.9. The van der Waals surface area contributed by atoms with Gasteiger partial charge in [0.25, 0.3) is 0 Å². The Bertz CT molecular complexity index is 632. The maximum atomic E-state index is 12.1. The second kappa shape index (κ2) is 6.26. The summed E-state index contributed by atoms with van der Waals surface area (Å²) < 4.78 is 40.5. The van der Waals surface area contributed by atoms with E-state index < -0.39 is 6.36 Å². The summed E-state index contributed by atoms with van der Waals surface area (Å²) in [5, 5.41) is 12.6. The van der Waals surface area contributed by atoms with Gasteiger partial charge in [-0.25, -0.2) is 0 Å². The lowest BCUT2D eigenvalue weighted by Gasteiger charge is -2.13. The van der Waals surface area contributed by atoms with Crippen LogP contribution in [0.4, 0.5) is 18.9 Å². The maximum Gasteiger partial charge on any atom is 0.573 e. The Balaban J connectivity index is 2.05. The van der Waals surface area contributed by atoms with Crippen LogP contribution in [0.5, 0.6) is 11.5 Å². The lowest BCUT2D eigenvalue weighted by molar-refractivity contribution is -0.274. The van der Waals surface area contributed by atoms with E-state index in [2.05, 4.69) is 26.0 Å². The average molecular weight is 362 g/mol. The molecule has 0 fully saturated rings. The normalized spacial score (nSPS) is 11.2. The Kier molecular flexibility index (Phi) is 4.62. The molecule has 112 valence electrons. The van der Waals surface area contributed by atoms with Crippen molar-refractivity contribution in [3.05, 3.63) is 52.5 Å². The van der Waals surface area contributed by atoms with Gasteiger partial charge in [0.05, 0.1) is 4.47 Å². The molecular formula is C14H11BrF3NO2. The molecule has 0 amide bonds. The van der Waals surface area contributed by atoms with E-state index >= 15 is 0 Å². The zero-order chi connectivity index (χ0) is 15.5. The fourth-order valence-corrected chi connectivity index (χ4v) is 2.14. The zero-order valence-electron chi connectivity index (χ0n) is 10.6. The van der Waals surface area contributed by atoms with Crippen LogP contribution in [-0.2, 0) is 6.54 Å². The molecule has 2 aromatic carbocycles. The summed E-state index contributed by atoms with van der Waals surface area (Å²) in [6.45, 7) is 0.346. The highest BCUT2D eigenvalue weighted by Gasteiger charge is 2.31. The first-order valence-corrected chi connectivity index (χ1v) is 6.70. The summed E-state index contributed by atoms with van der Waals surface area (Å²) in [6, 6.07) is 11.0. The van der Waals surface area contributed by atoms with Gasteiger partial charge in [0.2, 0.25) is 0 Å². The minimum atomic E-state index is -4.73. The summed E-state index contributed by atoms with van der Waals surface area (Å²) in [7, 11) is 0. The molecule has 0 radical (unpaired) electrons. The predicted octanol–water partition coefficient (Wildman–Crippen LogP) is 4.67. The molecule has 2 rings (SSSR count). The van der Waals surface area contributed by atoms with Crippen molar-refractivity contribution in [3.8, 4) is 11.5 Å². The van der Waals surface area contributed by atoms with Crippen LogP contribution in [0.2, 0.25) is 0 Å². The summed E-state index contributed by atoms with van der Waals surface area (Å²) in [5.41, 5.74) is 1.28. The van der Waals surface area contributed by atoms with Crippen molar-refractivity contribution < 1.29 is 23.0 Å². The first kappa shape index (κ1) is 15.5. The number of halogens is 4. The Hall–Kier alpha value is -1.89. The quantitative estimate of drug-likeness (QED) is 0.831. The number of phenolic OH excluding ortho intramolecular Hbond substituents is 1. The molecular weight excluding hydrogens is 351 g/mol. The van der Waals surface area contributed by atoms with Gasteiger partial charge in [-0.05, 0) is 40.2 Å². The summed E-state index contributed by atoms with van der Waals surface area (Å²) >= 11 is 3.03. The molecule has 2 aromatic rings. The number of phenols is 1. The van der Waals surface area contributed by atoms with Gasteiger partial charge >= 0.3 is 6.36 Å². The van der Waals surface area contributed by atoms with Gasteiger partial charge in [-0.2, -0.15) is 0 Å². The molecule has 0 aliphatic rings. The molecule has 0 atom stereocenters. The smallest absolute Gasteiger partial charge is 0.508 e. The molecule has 0 unspecified atom stereocenters. The van der Waals surface area contributed by atoms with Crippen LogP contribution in [0.3, 0.4) is 0 Å². The van der Waals surface area contributed by atoms with Crippen molar-refractivity contribution in [2.75, 3.05) is 5.32 Å². The van der Waals surface area contributed by atoms with Crippen LogP contribution >= 0.6 is 15.9 Å². The van der Waals surface area contributed by atoms with Gasteiger partial charge in [0.15, 0.2) is 0 Å². The van der Waals surface area contributed by atoms with Crippen LogP contribution in [0.15, 0.2) is 46.9 Å².